The minimum atomic E-state index is -0.377. The van der Waals surface area contributed by atoms with Crippen molar-refractivity contribution in [3.63, 3.8) is 0 Å². The van der Waals surface area contributed by atoms with E-state index in [2.05, 4.69) is 49.9 Å². The zero-order valence-electron chi connectivity index (χ0n) is 15.2. The van der Waals surface area contributed by atoms with Gasteiger partial charge in [-0.15, -0.1) is 0 Å². The van der Waals surface area contributed by atoms with Gasteiger partial charge in [-0.1, -0.05) is 49.7 Å². The van der Waals surface area contributed by atoms with Crippen LogP contribution >= 0.6 is 0 Å². The smallest absolute Gasteiger partial charge is 0.329 e. The van der Waals surface area contributed by atoms with E-state index in [9.17, 15) is 4.79 Å². The lowest BCUT2D eigenvalue weighted by molar-refractivity contribution is -0.149. The quantitative estimate of drug-likeness (QED) is 0.691. The van der Waals surface area contributed by atoms with E-state index in [1.165, 1.54) is 5.56 Å². The Hall–Kier alpha value is -2.29. The van der Waals surface area contributed by atoms with Gasteiger partial charge in [0.1, 0.15) is 6.04 Å². The molecule has 0 aliphatic carbocycles. The van der Waals surface area contributed by atoms with Gasteiger partial charge in [0, 0.05) is 11.4 Å². The summed E-state index contributed by atoms with van der Waals surface area (Å²) < 4.78 is 5.54. The summed E-state index contributed by atoms with van der Waals surface area (Å²) in [7, 11) is 0. The maximum atomic E-state index is 12.8. The largest absolute Gasteiger partial charge is 0.461 e. The number of carbonyl (C=O) groups is 1. The van der Waals surface area contributed by atoms with Crippen LogP contribution in [-0.2, 0) is 9.53 Å². The molecule has 0 aromatic heterocycles. The van der Waals surface area contributed by atoms with Crippen LogP contribution in [0.3, 0.4) is 0 Å². The van der Waals surface area contributed by atoms with Crippen molar-refractivity contribution in [1.29, 1.82) is 0 Å². The Bertz CT molecular complexity index is 647. The molecule has 0 aliphatic heterocycles. The maximum absolute atomic E-state index is 12.8. The molecule has 2 aromatic carbocycles. The summed E-state index contributed by atoms with van der Waals surface area (Å²) in [5.41, 5.74) is 3.17. The fourth-order valence-corrected chi connectivity index (χ4v) is 2.74. The van der Waals surface area contributed by atoms with Crippen molar-refractivity contribution in [2.24, 2.45) is 5.92 Å². The van der Waals surface area contributed by atoms with Gasteiger partial charge in [0.2, 0.25) is 0 Å². The summed E-state index contributed by atoms with van der Waals surface area (Å²) in [6, 6.07) is 17.9. The lowest BCUT2D eigenvalue weighted by Crippen LogP contribution is -2.44. The van der Waals surface area contributed by atoms with Crippen molar-refractivity contribution in [1.82, 2.24) is 0 Å². The Morgan fingerprint density at radius 3 is 1.92 bits per heavy atom. The van der Waals surface area contributed by atoms with Gasteiger partial charge in [-0.25, -0.2) is 4.79 Å². The van der Waals surface area contributed by atoms with Gasteiger partial charge < -0.3 is 9.64 Å². The number of carbonyl (C=O) groups excluding carboxylic acids is 1. The highest BCUT2D eigenvalue weighted by molar-refractivity contribution is 5.84. The predicted octanol–water partition coefficient (Wildman–Crippen LogP) is 5.11. The van der Waals surface area contributed by atoms with E-state index >= 15 is 0 Å². The number of esters is 1. The average Bonchev–Trinajstić information content (AvgIpc) is 2.53. The van der Waals surface area contributed by atoms with Crippen LogP contribution in [0.25, 0.3) is 0 Å². The van der Waals surface area contributed by atoms with Gasteiger partial charge in [0.25, 0.3) is 0 Å². The summed E-state index contributed by atoms with van der Waals surface area (Å²) in [6.45, 7) is 9.93. The molecule has 1 unspecified atom stereocenters. The normalized spacial score (nSPS) is 12.3. The molecule has 2 rings (SSSR count). The lowest BCUT2D eigenvalue weighted by Gasteiger charge is -2.35. The molecule has 0 saturated heterocycles. The molecule has 2 aromatic rings. The molecule has 0 aliphatic rings. The van der Waals surface area contributed by atoms with Crippen molar-refractivity contribution in [3.8, 4) is 0 Å². The molecule has 0 heterocycles. The summed E-state index contributed by atoms with van der Waals surface area (Å²) in [5, 5.41) is 0. The third-order valence-electron chi connectivity index (χ3n) is 3.85. The Balaban J connectivity index is 2.50. The number of hydrogen-bond acceptors (Lipinski definition) is 3. The Kier molecular flexibility index (Phi) is 6.02. The number of benzene rings is 2. The van der Waals surface area contributed by atoms with Crippen LogP contribution in [0, 0.1) is 12.8 Å². The lowest BCUT2D eigenvalue weighted by atomic mass is 10.00. The minimum absolute atomic E-state index is 0.109. The van der Waals surface area contributed by atoms with Crippen LogP contribution in [0.5, 0.6) is 0 Å². The average molecular weight is 325 g/mol. The van der Waals surface area contributed by atoms with Crippen molar-refractivity contribution in [3.05, 3.63) is 60.2 Å². The summed E-state index contributed by atoms with van der Waals surface area (Å²) in [6.07, 6.45) is -0.130. The summed E-state index contributed by atoms with van der Waals surface area (Å²) in [5.74, 6) is -0.0813. The van der Waals surface area contributed by atoms with Crippen LogP contribution < -0.4 is 4.90 Å². The van der Waals surface area contributed by atoms with Gasteiger partial charge in [-0.3, -0.25) is 0 Å². The van der Waals surface area contributed by atoms with Gasteiger partial charge >= 0.3 is 5.97 Å². The SMILES string of the molecule is Cc1ccc(N(c2ccccc2)C(C(=O)OC(C)C)C(C)C)cc1. The minimum Gasteiger partial charge on any atom is -0.461 e. The van der Waals surface area contributed by atoms with Crippen LogP contribution in [-0.4, -0.2) is 18.1 Å². The zero-order valence-corrected chi connectivity index (χ0v) is 15.2. The number of para-hydroxylation sites is 1. The number of aryl methyl sites for hydroxylation is 1. The predicted molar refractivity (Wildman–Crippen MR) is 99.6 cm³/mol. The van der Waals surface area contributed by atoms with Crippen molar-refractivity contribution in [2.75, 3.05) is 4.90 Å². The first-order chi connectivity index (χ1) is 11.4. The number of anilines is 2. The van der Waals surface area contributed by atoms with E-state index in [4.69, 9.17) is 4.74 Å². The molecular weight excluding hydrogens is 298 g/mol. The molecule has 1 atom stereocenters. The van der Waals surface area contributed by atoms with Gasteiger partial charge in [0.15, 0.2) is 0 Å². The fraction of sp³-hybridized carbons (Fsp3) is 0.381. The van der Waals surface area contributed by atoms with Crippen LogP contribution in [0.2, 0.25) is 0 Å². The van der Waals surface area contributed by atoms with E-state index in [0.29, 0.717) is 0 Å². The number of rotatable bonds is 6. The molecule has 0 fully saturated rings. The number of ether oxygens (including phenoxy) is 1. The highest BCUT2D eigenvalue weighted by Crippen LogP contribution is 2.31. The summed E-state index contributed by atoms with van der Waals surface area (Å²) in [4.78, 5) is 14.9. The molecule has 3 heteroatoms. The second kappa shape index (κ2) is 8.00. The van der Waals surface area contributed by atoms with Crippen LogP contribution in [0.1, 0.15) is 33.3 Å². The third-order valence-corrected chi connectivity index (χ3v) is 3.85. The Morgan fingerprint density at radius 1 is 0.875 bits per heavy atom. The van der Waals surface area contributed by atoms with E-state index in [0.717, 1.165) is 11.4 Å². The van der Waals surface area contributed by atoms with Gasteiger partial charge in [-0.05, 0) is 51.0 Å². The second-order valence-electron chi connectivity index (χ2n) is 6.72. The van der Waals surface area contributed by atoms with Crippen LogP contribution in [0.4, 0.5) is 11.4 Å². The Labute approximate surface area is 145 Å². The second-order valence-corrected chi connectivity index (χ2v) is 6.72. The third kappa shape index (κ3) is 4.38. The summed E-state index contributed by atoms with van der Waals surface area (Å²) >= 11 is 0. The maximum Gasteiger partial charge on any atom is 0.329 e. The van der Waals surface area contributed by atoms with Gasteiger partial charge in [0.05, 0.1) is 6.10 Å². The van der Waals surface area contributed by atoms with E-state index in [1.807, 2.05) is 44.2 Å². The zero-order chi connectivity index (χ0) is 17.7. The van der Waals surface area contributed by atoms with Crippen molar-refractivity contribution >= 4 is 17.3 Å². The Morgan fingerprint density at radius 2 is 1.42 bits per heavy atom. The molecule has 0 N–H and O–H groups in total. The highest BCUT2D eigenvalue weighted by Gasteiger charge is 2.32. The van der Waals surface area contributed by atoms with E-state index in [1.54, 1.807) is 0 Å². The number of nitrogens with zero attached hydrogens (tertiary/aromatic N) is 1. The molecule has 0 saturated carbocycles. The number of hydrogen-bond donors (Lipinski definition) is 0. The molecule has 0 spiro atoms. The molecule has 3 nitrogen and oxygen atoms in total. The first-order valence-corrected chi connectivity index (χ1v) is 8.51. The molecule has 0 amide bonds. The standard InChI is InChI=1S/C21H27NO2/c1-15(2)20(21(23)24-16(3)4)22(18-9-7-6-8-10-18)19-13-11-17(5)12-14-19/h6-16,20H,1-5H3. The molecule has 24 heavy (non-hydrogen) atoms. The monoisotopic (exact) mass is 325 g/mol. The van der Waals surface area contributed by atoms with Crippen LogP contribution in [0.15, 0.2) is 54.6 Å². The molecular formula is C21H27NO2. The van der Waals surface area contributed by atoms with E-state index in [-0.39, 0.29) is 24.0 Å². The first kappa shape index (κ1) is 18.1. The van der Waals surface area contributed by atoms with Crippen molar-refractivity contribution < 1.29 is 9.53 Å². The van der Waals surface area contributed by atoms with Crippen molar-refractivity contribution in [2.45, 2.75) is 46.8 Å². The molecule has 0 bridgehead atoms. The first-order valence-electron chi connectivity index (χ1n) is 8.51. The molecule has 0 radical (unpaired) electrons. The van der Waals surface area contributed by atoms with E-state index < -0.39 is 0 Å². The van der Waals surface area contributed by atoms with Gasteiger partial charge in [-0.2, -0.15) is 0 Å². The molecule has 128 valence electrons. The topological polar surface area (TPSA) is 29.5 Å². The fourth-order valence-electron chi connectivity index (χ4n) is 2.74. The highest BCUT2D eigenvalue weighted by atomic mass is 16.5.